The molecule has 3 fully saturated rings. The molecule has 1 heterocycles. The predicted octanol–water partition coefficient (Wildman–Crippen LogP) is 3.58. The molecule has 3 rings (SSSR count). The van der Waals surface area contributed by atoms with Gasteiger partial charge in [-0.05, 0) is 44.1 Å². The fraction of sp³-hybridized carbons (Fsp3) is 0.938. The first kappa shape index (κ1) is 12.5. The van der Waals surface area contributed by atoms with Crippen molar-refractivity contribution in [3.8, 4) is 6.07 Å². The molecule has 2 heteroatoms. The lowest BCUT2D eigenvalue weighted by atomic mass is 9.73. The monoisotopic (exact) mass is 246 g/mol. The molecule has 2 saturated carbocycles. The van der Waals surface area contributed by atoms with Gasteiger partial charge in [0, 0.05) is 12.6 Å². The van der Waals surface area contributed by atoms with Crippen LogP contribution in [0, 0.1) is 29.1 Å². The number of fused-ring (bicyclic) bond motifs is 1. The van der Waals surface area contributed by atoms with Crippen molar-refractivity contribution in [3.63, 3.8) is 0 Å². The van der Waals surface area contributed by atoms with E-state index < -0.39 is 0 Å². The minimum atomic E-state index is 0.318. The highest BCUT2D eigenvalue weighted by Crippen LogP contribution is 2.39. The van der Waals surface area contributed by atoms with Gasteiger partial charge in [0.2, 0.25) is 0 Å². The SMILES string of the molecule is N#CC1CCCCC1N1CCC2CCCCC2C1. The standard InChI is InChI=1S/C16H26N2/c17-11-14-6-3-4-8-16(14)18-10-9-13-5-1-2-7-15(13)12-18/h13-16H,1-10,12H2. The molecule has 0 spiro atoms. The summed E-state index contributed by atoms with van der Waals surface area (Å²) in [6.07, 6.45) is 12.3. The zero-order valence-corrected chi connectivity index (χ0v) is 11.5. The Balaban J connectivity index is 1.64. The summed E-state index contributed by atoms with van der Waals surface area (Å²) in [5.74, 6) is 2.28. The van der Waals surface area contributed by atoms with E-state index in [1.165, 1.54) is 64.5 Å². The summed E-state index contributed by atoms with van der Waals surface area (Å²) in [7, 11) is 0. The van der Waals surface area contributed by atoms with Crippen LogP contribution in [-0.4, -0.2) is 24.0 Å². The summed E-state index contributed by atoms with van der Waals surface area (Å²) in [5, 5.41) is 9.35. The molecule has 0 amide bonds. The van der Waals surface area contributed by atoms with Crippen LogP contribution in [0.3, 0.4) is 0 Å². The Bertz CT molecular complexity index is 320. The summed E-state index contributed by atoms with van der Waals surface area (Å²) >= 11 is 0. The van der Waals surface area contributed by atoms with Gasteiger partial charge in [-0.25, -0.2) is 0 Å². The van der Waals surface area contributed by atoms with Gasteiger partial charge in [0.25, 0.3) is 0 Å². The van der Waals surface area contributed by atoms with Crippen LogP contribution in [0.25, 0.3) is 0 Å². The highest BCUT2D eigenvalue weighted by molar-refractivity contribution is 4.97. The molecule has 4 atom stereocenters. The Morgan fingerprint density at radius 2 is 1.56 bits per heavy atom. The Morgan fingerprint density at radius 1 is 0.833 bits per heavy atom. The molecule has 0 aromatic carbocycles. The summed E-state index contributed by atoms with van der Waals surface area (Å²) in [6, 6.07) is 3.17. The second kappa shape index (κ2) is 5.61. The second-order valence-electron chi connectivity index (χ2n) is 6.68. The Morgan fingerprint density at radius 3 is 2.39 bits per heavy atom. The minimum absolute atomic E-state index is 0.318. The fourth-order valence-electron chi connectivity index (χ4n) is 4.63. The lowest BCUT2D eigenvalue weighted by Gasteiger charge is -2.46. The fourth-order valence-corrected chi connectivity index (χ4v) is 4.63. The highest BCUT2D eigenvalue weighted by Gasteiger charge is 2.37. The van der Waals surface area contributed by atoms with E-state index in [9.17, 15) is 5.26 Å². The van der Waals surface area contributed by atoms with E-state index in [1.54, 1.807) is 0 Å². The van der Waals surface area contributed by atoms with Crippen LogP contribution in [0.1, 0.15) is 57.8 Å². The van der Waals surface area contributed by atoms with Crippen LogP contribution in [0.5, 0.6) is 0 Å². The molecule has 18 heavy (non-hydrogen) atoms. The van der Waals surface area contributed by atoms with E-state index in [2.05, 4.69) is 11.0 Å². The van der Waals surface area contributed by atoms with Crippen molar-refractivity contribution in [2.75, 3.05) is 13.1 Å². The van der Waals surface area contributed by atoms with Crippen molar-refractivity contribution in [1.82, 2.24) is 4.90 Å². The number of hydrogen-bond donors (Lipinski definition) is 0. The van der Waals surface area contributed by atoms with Gasteiger partial charge in [-0.2, -0.15) is 5.26 Å². The topological polar surface area (TPSA) is 27.0 Å². The number of likely N-dealkylation sites (tertiary alicyclic amines) is 1. The van der Waals surface area contributed by atoms with Crippen LogP contribution >= 0.6 is 0 Å². The van der Waals surface area contributed by atoms with Crippen LogP contribution in [-0.2, 0) is 0 Å². The zero-order valence-electron chi connectivity index (χ0n) is 11.5. The summed E-state index contributed by atoms with van der Waals surface area (Å²) in [5.41, 5.74) is 0. The van der Waals surface area contributed by atoms with Crippen molar-refractivity contribution in [3.05, 3.63) is 0 Å². The molecule has 1 saturated heterocycles. The van der Waals surface area contributed by atoms with E-state index in [-0.39, 0.29) is 0 Å². The molecule has 100 valence electrons. The first-order chi connectivity index (χ1) is 8.88. The third-order valence-corrected chi connectivity index (χ3v) is 5.69. The van der Waals surface area contributed by atoms with E-state index in [0.29, 0.717) is 12.0 Å². The van der Waals surface area contributed by atoms with Crippen LogP contribution in [0.2, 0.25) is 0 Å². The molecular weight excluding hydrogens is 220 g/mol. The van der Waals surface area contributed by atoms with Gasteiger partial charge in [-0.3, -0.25) is 4.90 Å². The number of nitriles is 1. The molecule has 3 aliphatic rings. The normalized spacial score (nSPS) is 41.9. The van der Waals surface area contributed by atoms with Gasteiger partial charge in [-0.15, -0.1) is 0 Å². The minimum Gasteiger partial charge on any atom is -0.299 e. The molecule has 4 unspecified atom stereocenters. The van der Waals surface area contributed by atoms with Crippen LogP contribution in [0.4, 0.5) is 0 Å². The predicted molar refractivity (Wildman–Crippen MR) is 73.0 cm³/mol. The molecule has 0 radical (unpaired) electrons. The number of hydrogen-bond acceptors (Lipinski definition) is 2. The van der Waals surface area contributed by atoms with Gasteiger partial charge in [0.15, 0.2) is 0 Å². The molecule has 2 nitrogen and oxygen atoms in total. The Labute approximate surface area is 111 Å². The third kappa shape index (κ3) is 2.43. The van der Waals surface area contributed by atoms with Crippen molar-refractivity contribution in [2.24, 2.45) is 17.8 Å². The van der Waals surface area contributed by atoms with Gasteiger partial charge in [-0.1, -0.05) is 32.1 Å². The molecule has 0 bridgehead atoms. The van der Waals surface area contributed by atoms with Gasteiger partial charge in [0.1, 0.15) is 0 Å². The average Bonchev–Trinajstić information content (AvgIpc) is 2.46. The summed E-state index contributed by atoms with van der Waals surface area (Å²) in [6.45, 7) is 2.57. The summed E-state index contributed by atoms with van der Waals surface area (Å²) < 4.78 is 0. The van der Waals surface area contributed by atoms with Gasteiger partial charge < -0.3 is 0 Å². The largest absolute Gasteiger partial charge is 0.299 e. The van der Waals surface area contributed by atoms with Crippen LogP contribution in [0.15, 0.2) is 0 Å². The van der Waals surface area contributed by atoms with Crippen molar-refractivity contribution >= 4 is 0 Å². The first-order valence-corrected chi connectivity index (χ1v) is 8.02. The number of rotatable bonds is 1. The Kier molecular flexibility index (Phi) is 3.89. The zero-order chi connectivity index (χ0) is 12.4. The second-order valence-corrected chi connectivity index (χ2v) is 6.68. The molecule has 2 aliphatic carbocycles. The van der Waals surface area contributed by atoms with E-state index in [1.807, 2.05) is 0 Å². The Hall–Kier alpha value is -0.550. The smallest absolute Gasteiger partial charge is 0.0672 e. The maximum atomic E-state index is 9.35. The average molecular weight is 246 g/mol. The summed E-state index contributed by atoms with van der Waals surface area (Å²) in [4.78, 5) is 2.69. The molecule has 0 aromatic rings. The number of nitrogens with zero attached hydrogens (tertiary/aromatic N) is 2. The highest BCUT2D eigenvalue weighted by atomic mass is 15.2. The van der Waals surface area contributed by atoms with Gasteiger partial charge in [0.05, 0.1) is 12.0 Å². The van der Waals surface area contributed by atoms with E-state index >= 15 is 0 Å². The molecular formula is C16H26N2. The lowest BCUT2D eigenvalue weighted by molar-refractivity contribution is 0.0317. The molecule has 0 aromatic heterocycles. The number of piperidine rings is 1. The molecule has 1 aliphatic heterocycles. The maximum Gasteiger partial charge on any atom is 0.0672 e. The maximum absolute atomic E-state index is 9.35. The molecule has 0 N–H and O–H groups in total. The third-order valence-electron chi connectivity index (χ3n) is 5.69. The van der Waals surface area contributed by atoms with Crippen molar-refractivity contribution in [2.45, 2.75) is 63.8 Å². The van der Waals surface area contributed by atoms with E-state index in [4.69, 9.17) is 0 Å². The van der Waals surface area contributed by atoms with Crippen LogP contribution < -0.4 is 0 Å². The van der Waals surface area contributed by atoms with Crippen molar-refractivity contribution < 1.29 is 0 Å². The lowest BCUT2D eigenvalue weighted by Crippen LogP contribution is -2.50. The quantitative estimate of drug-likeness (QED) is 0.707. The first-order valence-electron chi connectivity index (χ1n) is 8.02. The van der Waals surface area contributed by atoms with Gasteiger partial charge >= 0.3 is 0 Å². The van der Waals surface area contributed by atoms with Crippen molar-refractivity contribution in [1.29, 1.82) is 5.26 Å². The van der Waals surface area contributed by atoms with E-state index in [0.717, 1.165) is 18.3 Å².